The van der Waals surface area contributed by atoms with Crippen LogP contribution < -0.4 is 21.6 Å². The maximum atomic E-state index is 12.5. The number of phosphoric ester groups is 2. The van der Waals surface area contributed by atoms with E-state index in [9.17, 15) is 53.6 Å². The number of aliphatic hydroxyl groups is 4. The number of phosphoric acid groups is 3. The molecule has 0 saturated carbocycles. The fourth-order valence-electron chi connectivity index (χ4n) is 5.36. The number of imidazole rings is 2. The van der Waals surface area contributed by atoms with Gasteiger partial charge in [0.25, 0.3) is 11.5 Å². The summed E-state index contributed by atoms with van der Waals surface area (Å²) >= 11 is 0. The molecule has 0 radical (unpaired) electrons. The minimum Gasteiger partial charge on any atom is -0.387 e. The molecule has 2 aliphatic rings. The first-order valence-corrected chi connectivity index (χ1v) is 18.7. The molecule has 51 heavy (non-hydrogen) atoms. The van der Waals surface area contributed by atoms with Crippen molar-refractivity contribution in [1.29, 1.82) is 0 Å². The Kier molecular flexibility index (Phi) is 9.96. The molecule has 27 nitrogen and oxygen atoms in total. The van der Waals surface area contributed by atoms with Crippen molar-refractivity contribution in [3.05, 3.63) is 29.3 Å². The van der Waals surface area contributed by atoms with Crippen molar-refractivity contribution < 1.29 is 80.5 Å². The largest absolute Gasteiger partial charge is 0.490 e. The van der Waals surface area contributed by atoms with Gasteiger partial charge in [0.15, 0.2) is 24.0 Å². The van der Waals surface area contributed by atoms with Crippen molar-refractivity contribution in [2.75, 3.05) is 24.7 Å². The first kappa shape index (κ1) is 37.4. The molecule has 2 fully saturated rings. The number of anilines is 2. The predicted octanol–water partition coefficient (Wildman–Crippen LogP) is -3.84. The maximum absolute atomic E-state index is 12.5. The molecule has 11 atom stereocenters. The third-order valence-corrected chi connectivity index (χ3v) is 11.9. The van der Waals surface area contributed by atoms with Crippen LogP contribution in [0.5, 0.6) is 0 Å². The van der Waals surface area contributed by atoms with Gasteiger partial charge in [-0.2, -0.15) is 8.62 Å². The number of rotatable bonds is 12. The Hall–Kier alpha value is -3.33. The Labute approximate surface area is 282 Å². The standard InChI is InChI=1S/C21H29N10O17P3/c1-29-6-31(17-10(29)18(36)28-21(23)27-17)20-14(35)12(33)8(46-20)3-44-50(39,40)48-51(41,42)47-49(37,38)43-2-7-11(32)13(34)19(45-7)30-5-26-9-15(22)24-4-25-16(9)30/h4-8,11-14,19-20,32-35H,2-3H2,1H3,(H7-,22,23,24,25,27,28,36,37,38,39,40,41,42)/p+1. The van der Waals surface area contributed by atoms with E-state index in [2.05, 4.69) is 42.6 Å². The molecule has 6 rings (SSSR count). The Morgan fingerprint density at radius 2 is 1.51 bits per heavy atom. The molecule has 2 aliphatic heterocycles. The van der Waals surface area contributed by atoms with Crippen LogP contribution in [0, 0.1) is 0 Å². The molecule has 30 heteroatoms. The van der Waals surface area contributed by atoms with Gasteiger partial charge in [0.2, 0.25) is 11.7 Å². The van der Waals surface area contributed by atoms with Gasteiger partial charge < -0.3 is 56.0 Å². The minimum atomic E-state index is -5.97. The number of aromatic nitrogens is 8. The van der Waals surface area contributed by atoms with E-state index in [1.54, 1.807) is 0 Å². The lowest BCUT2D eigenvalue weighted by atomic mass is 10.1. The van der Waals surface area contributed by atoms with Crippen LogP contribution in [0.4, 0.5) is 11.8 Å². The number of nitrogens with one attached hydrogen (secondary N) is 1. The summed E-state index contributed by atoms with van der Waals surface area (Å²) in [6.45, 7) is -2.10. The predicted molar refractivity (Wildman–Crippen MR) is 161 cm³/mol. The van der Waals surface area contributed by atoms with Gasteiger partial charge in [-0.3, -0.25) is 28.0 Å². The van der Waals surface area contributed by atoms with Crippen LogP contribution in [-0.4, -0.2) is 119 Å². The average Bonchev–Trinajstić information content (AvgIpc) is 3.74. The summed E-state index contributed by atoms with van der Waals surface area (Å²) in [6.07, 6.45) is -9.32. The van der Waals surface area contributed by atoms with Gasteiger partial charge in [-0.25, -0.2) is 33.2 Å². The van der Waals surface area contributed by atoms with Crippen LogP contribution in [-0.2, 0) is 47.9 Å². The molecule has 0 bridgehead atoms. The molecule has 0 aromatic carbocycles. The second-order valence-electron chi connectivity index (χ2n) is 11.1. The SMILES string of the molecule is Cn1c[n+](C2OC(COP(=O)(O)OP(=O)(O)OP(=O)(O)OCC3OC(n4cnc5c(N)ncnc54)C(O)C3O)C(O)C2O)c2nc(N)[nH]c(=O)c21. The van der Waals surface area contributed by atoms with E-state index in [0.29, 0.717) is 0 Å². The van der Waals surface area contributed by atoms with E-state index in [1.165, 1.54) is 28.8 Å². The molecular weight excluding hydrogens is 757 g/mol. The van der Waals surface area contributed by atoms with E-state index >= 15 is 0 Å². The van der Waals surface area contributed by atoms with Gasteiger partial charge in [0.05, 0.1) is 26.6 Å². The number of hydrogen-bond donors (Lipinski definition) is 10. The first-order valence-electron chi connectivity index (χ1n) is 14.2. The lowest BCUT2D eigenvalue weighted by Gasteiger charge is -2.21. The van der Waals surface area contributed by atoms with Gasteiger partial charge in [-0.15, -0.1) is 0 Å². The van der Waals surface area contributed by atoms with Gasteiger partial charge in [-0.05, 0) is 0 Å². The zero-order valence-corrected chi connectivity index (χ0v) is 28.3. The Bertz CT molecular complexity index is 2160. The topological polar surface area (TPSA) is 398 Å². The number of ether oxygens (including phenoxy) is 2. The number of nitrogens with zero attached hydrogens (tertiary/aromatic N) is 7. The van der Waals surface area contributed by atoms with Crippen molar-refractivity contribution in [1.82, 2.24) is 34.1 Å². The Morgan fingerprint density at radius 3 is 2.16 bits per heavy atom. The van der Waals surface area contributed by atoms with E-state index < -0.39 is 91.3 Å². The number of fused-ring (bicyclic) bond motifs is 2. The number of aliphatic hydroxyl groups excluding tert-OH is 4. The quantitative estimate of drug-likeness (QED) is 0.0485. The molecular formula is C21H30N10O17P3+. The second-order valence-corrected chi connectivity index (χ2v) is 15.7. The molecule has 280 valence electrons. The van der Waals surface area contributed by atoms with Gasteiger partial charge >= 0.3 is 29.1 Å². The zero-order valence-electron chi connectivity index (χ0n) is 25.6. The number of H-pyrrole nitrogens is 1. The van der Waals surface area contributed by atoms with E-state index in [1.807, 2.05) is 0 Å². The van der Waals surface area contributed by atoms with Crippen LogP contribution in [0.1, 0.15) is 12.5 Å². The van der Waals surface area contributed by atoms with Crippen molar-refractivity contribution >= 4 is 57.6 Å². The van der Waals surface area contributed by atoms with Crippen LogP contribution in [0.2, 0.25) is 0 Å². The maximum Gasteiger partial charge on any atom is 0.490 e. The lowest BCUT2D eigenvalue weighted by Crippen LogP contribution is -2.46. The van der Waals surface area contributed by atoms with Crippen molar-refractivity contribution in [3.63, 3.8) is 0 Å². The van der Waals surface area contributed by atoms with E-state index in [-0.39, 0.29) is 34.1 Å². The highest BCUT2D eigenvalue weighted by atomic mass is 31.3. The minimum absolute atomic E-state index is 0.00946. The monoisotopic (exact) mass is 787 g/mol. The highest BCUT2D eigenvalue weighted by molar-refractivity contribution is 7.66. The van der Waals surface area contributed by atoms with Gasteiger partial charge in [0.1, 0.15) is 48.5 Å². The number of aryl methyl sites for hydroxylation is 1. The number of nitrogens with two attached hydrogens (primary N) is 2. The van der Waals surface area contributed by atoms with Crippen molar-refractivity contribution in [2.45, 2.75) is 49.1 Å². The Morgan fingerprint density at radius 1 is 0.902 bits per heavy atom. The highest BCUT2D eigenvalue weighted by Gasteiger charge is 2.50. The van der Waals surface area contributed by atoms with Crippen LogP contribution in [0.3, 0.4) is 0 Å². The summed E-state index contributed by atoms with van der Waals surface area (Å²) < 4.78 is 69.4. The summed E-state index contributed by atoms with van der Waals surface area (Å²) in [7, 11) is -15.8. The lowest BCUT2D eigenvalue weighted by molar-refractivity contribution is -0.745. The summed E-state index contributed by atoms with van der Waals surface area (Å²) in [5.74, 6) is -0.263. The van der Waals surface area contributed by atoms with E-state index in [0.717, 1.165) is 10.9 Å². The van der Waals surface area contributed by atoms with Crippen LogP contribution in [0.15, 0.2) is 23.8 Å². The smallest absolute Gasteiger partial charge is 0.387 e. The fraction of sp³-hybridized carbons (Fsp3) is 0.524. The molecule has 4 aromatic heterocycles. The average molecular weight is 787 g/mol. The summed E-state index contributed by atoms with van der Waals surface area (Å²) in [5.41, 5.74) is 10.9. The third kappa shape index (κ3) is 7.47. The summed E-state index contributed by atoms with van der Waals surface area (Å²) in [5, 5.41) is 42.0. The fourth-order valence-corrected chi connectivity index (χ4v) is 8.88. The van der Waals surface area contributed by atoms with Crippen LogP contribution >= 0.6 is 23.5 Å². The molecule has 0 spiro atoms. The molecule has 11 unspecified atom stereocenters. The second kappa shape index (κ2) is 13.6. The number of hydrogen-bond acceptors (Lipinski definition) is 20. The first-order chi connectivity index (χ1) is 23.8. The normalized spacial score (nSPS) is 30.4. The van der Waals surface area contributed by atoms with Gasteiger partial charge in [0, 0.05) is 0 Å². The molecule has 4 aromatic rings. The molecule has 12 N–H and O–H groups in total. The van der Waals surface area contributed by atoms with Gasteiger partial charge in [-0.1, -0.05) is 4.98 Å². The molecule has 0 amide bonds. The Balaban J connectivity index is 1.04. The number of aromatic amines is 1. The summed E-state index contributed by atoms with van der Waals surface area (Å²) in [4.78, 5) is 60.4. The molecule has 2 saturated heterocycles. The summed E-state index contributed by atoms with van der Waals surface area (Å²) in [6, 6.07) is 0. The van der Waals surface area contributed by atoms with Crippen molar-refractivity contribution in [3.8, 4) is 0 Å². The zero-order chi connectivity index (χ0) is 37.2. The molecule has 6 heterocycles. The van der Waals surface area contributed by atoms with E-state index in [4.69, 9.17) is 20.9 Å². The molecule has 0 aliphatic carbocycles. The number of nitrogen functional groups attached to an aromatic ring is 2. The highest BCUT2D eigenvalue weighted by Crippen LogP contribution is 2.67. The van der Waals surface area contributed by atoms with Crippen molar-refractivity contribution in [2.24, 2.45) is 7.05 Å². The van der Waals surface area contributed by atoms with Crippen LogP contribution in [0.25, 0.3) is 22.3 Å². The third-order valence-electron chi connectivity index (χ3n) is 7.62.